The predicted octanol–water partition coefficient (Wildman–Crippen LogP) is 4.25. The molecular weight excluding hydrogens is 523 g/mol. The number of benzene rings is 1. The number of unbranched alkanes of at least 4 members (excludes halogenated alkanes) is 6. The quantitative estimate of drug-likeness (QED) is 0.198. The highest BCUT2D eigenvalue weighted by molar-refractivity contribution is 5.93. The fraction of sp³-hybridized carbons (Fsp3) is 0.562. The van der Waals surface area contributed by atoms with Gasteiger partial charge in [0, 0.05) is 31.5 Å². The van der Waals surface area contributed by atoms with Gasteiger partial charge in [-0.15, -0.1) is 0 Å². The average Bonchev–Trinajstić information content (AvgIpc) is 2.93. The average molecular weight is 571 g/mol. The van der Waals surface area contributed by atoms with E-state index in [0.29, 0.717) is 24.9 Å². The molecular formula is C32H47FN4O4. The summed E-state index contributed by atoms with van der Waals surface area (Å²) in [5, 5.41) is 11.2. The number of rotatable bonds is 14. The molecule has 0 bridgehead atoms. The first-order valence-corrected chi connectivity index (χ1v) is 15.0. The molecule has 9 heteroatoms. The lowest BCUT2D eigenvalue weighted by Gasteiger charge is -2.25. The van der Waals surface area contributed by atoms with Crippen molar-refractivity contribution in [1.82, 2.24) is 21.3 Å². The first-order valence-electron chi connectivity index (χ1n) is 15.0. The van der Waals surface area contributed by atoms with Crippen molar-refractivity contribution in [3.63, 3.8) is 0 Å². The Bertz CT molecular complexity index is 1060. The molecule has 4 N–H and O–H groups in total. The Morgan fingerprint density at radius 2 is 1.73 bits per heavy atom. The second kappa shape index (κ2) is 18.8. The normalized spacial score (nSPS) is 20.1. The van der Waals surface area contributed by atoms with Crippen LogP contribution in [0.2, 0.25) is 0 Å². The zero-order valence-electron chi connectivity index (χ0n) is 24.7. The fourth-order valence-corrected chi connectivity index (χ4v) is 4.51. The van der Waals surface area contributed by atoms with Crippen molar-refractivity contribution in [1.29, 1.82) is 0 Å². The highest BCUT2D eigenvalue weighted by Crippen LogP contribution is 2.12. The van der Waals surface area contributed by atoms with E-state index in [9.17, 15) is 23.6 Å². The summed E-state index contributed by atoms with van der Waals surface area (Å²) in [5.74, 6) is -2.03. The molecule has 1 aromatic rings. The van der Waals surface area contributed by atoms with Crippen molar-refractivity contribution in [2.75, 3.05) is 6.54 Å². The number of carbonyl (C=O) groups excluding carboxylic acids is 4. The molecule has 4 amide bonds. The summed E-state index contributed by atoms with van der Waals surface area (Å²) >= 11 is 0. The first-order chi connectivity index (χ1) is 19.7. The van der Waals surface area contributed by atoms with Crippen molar-refractivity contribution in [3.05, 3.63) is 60.0 Å². The Kier molecular flexibility index (Phi) is 15.4. The molecule has 0 aliphatic carbocycles. The Hall–Kier alpha value is -3.49. The molecule has 8 nitrogen and oxygen atoms in total. The lowest BCUT2D eigenvalue weighted by molar-refractivity contribution is -0.131. The minimum absolute atomic E-state index is 0.00833. The summed E-state index contributed by atoms with van der Waals surface area (Å²) in [5.41, 5.74) is 0.295. The summed E-state index contributed by atoms with van der Waals surface area (Å²) in [6.07, 6.45) is 14.4. The van der Waals surface area contributed by atoms with Gasteiger partial charge in [0.15, 0.2) is 0 Å². The number of halogens is 1. The van der Waals surface area contributed by atoms with Gasteiger partial charge in [0.2, 0.25) is 23.6 Å². The molecule has 41 heavy (non-hydrogen) atoms. The van der Waals surface area contributed by atoms with Crippen LogP contribution in [0.5, 0.6) is 0 Å². The Morgan fingerprint density at radius 1 is 1.02 bits per heavy atom. The third-order valence-corrected chi connectivity index (χ3v) is 7.04. The number of hydrogen-bond acceptors (Lipinski definition) is 4. The molecule has 0 radical (unpaired) electrons. The minimum atomic E-state index is -1.06. The van der Waals surface area contributed by atoms with Gasteiger partial charge in [-0.1, -0.05) is 95.7 Å². The van der Waals surface area contributed by atoms with Gasteiger partial charge in [-0.3, -0.25) is 19.2 Å². The van der Waals surface area contributed by atoms with Crippen LogP contribution < -0.4 is 21.3 Å². The highest BCUT2D eigenvalue weighted by atomic mass is 19.1. The van der Waals surface area contributed by atoms with Gasteiger partial charge >= 0.3 is 0 Å². The molecule has 0 fully saturated rings. The molecule has 1 aliphatic rings. The van der Waals surface area contributed by atoms with E-state index in [0.717, 1.165) is 19.3 Å². The van der Waals surface area contributed by atoms with Crippen LogP contribution in [-0.2, 0) is 25.6 Å². The van der Waals surface area contributed by atoms with Crippen LogP contribution in [0.4, 0.5) is 4.39 Å². The predicted molar refractivity (Wildman–Crippen MR) is 159 cm³/mol. The van der Waals surface area contributed by atoms with Crippen molar-refractivity contribution >= 4 is 23.6 Å². The van der Waals surface area contributed by atoms with Crippen LogP contribution in [0.15, 0.2) is 48.6 Å². The summed E-state index contributed by atoms with van der Waals surface area (Å²) in [6, 6.07) is 3.61. The van der Waals surface area contributed by atoms with Gasteiger partial charge in [0.05, 0.1) is 0 Å². The fourth-order valence-electron chi connectivity index (χ4n) is 4.51. The van der Waals surface area contributed by atoms with Gasteiger partial charge in [0.1, 0.15) is 17.9 Å². The van der Waals surface area contributed by atoms with E-state index >= 15 is 0 Å². The van der Waals surface area contributed by atoms with Crippen LogP contribution in [0.1, 0.15) is 84.1 Å². The minimum Gasteiger partial charge on any atom is -0.352 e. The van der Waals surface area contributed by atoms with Crippen molar-refractivity contribution < 1.29 is 23.6 Å². The molecule has 0 saturated carbocycles. The molecule has 0 spiro atoms. The van der Waals surface area contributed by atoms with Crippen LogP contribution in [0.3, 0.4) is 0 Å². The van der Waals surface area contributed by atoms with Crippen LogP contribution in [0, 0.1) is 11.7 Å². The zero-order valence-corrected chi connectivity index (χ0v) is 24.7. The van der Waals surface area contributed by atoms with Crippen molar-refractivity contribution in [2.45, 2.75) is 103 Å². The standard InChI is InChI=1S/C32H47FN4O4/c1-4-5-6-7-8-9-10-18-30(39)35-28(22-24-15-11-12-16-25(24)33)32(41)37-27-17-13-14-21-34-29(38)20-19-26(23(2)3)36-31(27)40/h11-13,15-17,19-20,23,26-28H,4-10,14,18,21-22H2,1-3H3,(H,34,38)(H,35,39)(H,36,40)(H,37,41)/b17-13+,20-19+/t26-,27+,28+/m1/s1. The zero-order chi connectivity index (χ0) is 30.0. The van der Waals surface area contributed by atoms with Crippen molar-refractivity contribution in [3.8, 4) is 0 Å². The molecule has 2 rings (SSSR count). The molecule has 0 unspecified atom stereocenters. The molecule has 226 valence electrons. The second-order valence-electron chi connectivity index (χ2n) is 10.9. The summed E-state index contributed by atoms with van der Waals surface area (Å²) in [4.78, 5) is 51.5. The van der Waals surface area contributed by atoms with Gasteiger partial charge in [0.25, 0.3) is 0 Å². The molecule has 1 aliphatic heterocycles. The van der Waals surface area contributed by atoms with E-state index in [1.54, 1.807) is 36.4 Å². The van der Waals surface area contributed by atoms with Crippen LogP contribution >= 0.6 is 0 Å². The third kappa shape index (κ3) is 13.1. The summed E-state index contributed by atoms with van der Waals surface area (Å²) in [6.45, 7) is 6.36. The largest absolute Gasteiger partial charge is 0.352 e. The maximum absolute atomic E-state index is 14.5. The molecule has 0 saturated heterocycles. The van der Waals surface area contributed by atoms with Crippen LogP contribution in [-0.4, -0.2) is 48.3 Å². The Balaban J connectivity index is 2.13. The summed E-state index contributed by atoms with van der Waals surface area (Å²) in [7, 11) is 0. The number of nitrogens with one attached hydrogen (secondary N) is 4. The maximum atomic E-state index is 14.5. The highest BCUT2D eigenvalue weighted by Gasteiger charge is 2.28. The van der Waals surface area contributed by atoms with E-state index in [4.69, 9.17) is 0 Å². The van der Waals surface area contributed by atoms with Gasteiger partial charge < -0.3 is 21.3 Å². The molecule has 3 atom stereocenters. The van der Waals surface area contributed by atoms with Gasteiger partial charge in [-0.05, 0) is 30.4 Å². The molecule has 1 aromatic carbocycles. The van der Waals surface area contributed by atoms with E-state index in [-0.39, 0.29) is 30.6 Å². The first kappa shape index (κ1) is 33.7. The van der Waals surface area contributed by atoms with Gasteiger partial charge in [-0.25, -0.2) is 4.39 Å². The van der Waals surface area contributed by atoms with E-state index in [1.165, 1.54) is 31.4 Å². The lowest BCUT2D eigenvalue weighted by atomic mass is 10.0. The maximum Gasteiger partial charge on any atom is 0.247 e. The number of amides is 4. The van der Waals surface area contributed by atoms with Crippen molar-refractivity contribution in [2.24, 2.45) is 5.92 Å². The Morgan fingerprint density at radius 3 is 2.44 bits per heavy atom. The third-order valence-electron chi connectivity index (χ3n) is 7.04. The van der Waals surface area contributed by atoms with E-state index < -0.39 is 35.8 Å². The summed E-state index contributed by atoms with van der Waals surface area (Å²) < 4.78 is 14.5. The molecule has 0 aromatic heterocycles. The number of carbonyl (C=O) groups is 4. The lowest BCUT2D eigenvalue weighted by Crippen LogP contribution is -2.55. The monoisotopic (exact) mass is 570 g/mol. The topological polar surface area (TPSA) is 116 Å². The van der Waals surface area contributed by atoms with Gasteiger partial charge in [-0.2, -0.15) is 0 Å². The van der Waals surface area contributed by atoms with Crippen LogP contribution in [0.25, 0.3) is 0 Å². The molecule has 1 heterocycles. The number of hydrogen-bond donors (Lipinski definition) is 4. The Labute approximate surface area is 244 Å². The smallest absolute Gasteiger partial charge is 0.247 e. The van der Waals surface area contributed by atoms with E-state index in [1.807, 2.05) is 13.8 Å². The van der Waals surface area contributed by atoms with E-state index in [2.05, 4.69) is 28.2 Å². The second-order valence-corrected chi connectivity index (χ2v) is 10.9. The SMILES string of the molecule is CCCCCCCCCC(=O)N[C@@H](Cc1ccccc1F)C(=O)N[C@H]1/C=C/CCNC(=O)/C=C/[C@H](C(C)C)NC1=O.